The van der Waals surface area contributed by atoms with Gasteiger partial charge in [0.15, 0.2) is 0 Å². The molecule has 1 unspecified atom stereocenters. The van der Waals surface area contributed by atoms with Crippen molar-refractivity contribution in [3.63, 3.8) is 0 Å². The van der Waals surface area contributed by atoms with Gasteiger partial charge in [0.1, 0.15) is 0 Å². The van der Waals surface area contributed by atoms with Crippen LogP contribution in [-0.2, 0) is 0 Å². The summed E-state index contributed by atoms with van der Waals surface area (Å²) in [6, 6.07) is 30.6. The van der Waals surface area contributed by atoms with E-state index in [1.807, 2.05) is 11.8 Å². The fourth-order valence-electron chi connectivity index (χ4n) is 5.26. The molecule has 4 nitrogen and oxygen atoms in total. The van der Waals surface area contributed by atoms with Crippen LogP contribution in [0.3, 0.4) is 0 Å². The molecular formula is C32H37N4S+. The minimum absolute atomic E-state index is 0.0720. The number of para-hydroxylation sites is 3. The Morgan fingerprint density at radius 3 is 2.43 bits per heavy atom. The highest BCUT2D eigenvalue weighted by Crippen LogP contribution is 2.45. The van der Waals surface area contributed by atoms with Crippen LogP contribution in [0.4, 0.5) is 5.69 Å². The first kappa shape index (κ1) is 25.5. The van der Waals surface area contributed by atoms with E-state index in [4.69, 9.17) is 5.73 Å². The first-order valence-electron chi connectivity index (χ1n) is 13.1. The molecule has 0 saturated heterocycles. The lowest BCUT2D eigenvalue weighted by Crippen LogP contribution is -2.48. The molecule has 1 aromatic heterocycles. The van der Waals surface area contributed by atoms with Gasteiger partial charge in [0.05, 0.1) is 22.1 Å². The minimum Gasteiger partial charge on any atom is -0.338 e. The summed E-state index contributed by atoms with van der Waals surface area (Å²) in [5.74, 6) is 0. The van der Waals surface area contributed by atoms with Gasteiger partial charge in [-0.15, -0.1) is 0 Å². The number of pyridine rings is 1. The average molecular weight is 510 g/mol. The van der Waals surface area contributed by atoms with Gasteiger partial charge >= 0.3 is 0 Å². The van der Waals surface area contributed by atoms with E-state index in [1.165, 1.54) is 43.5 Å². The monoisotopic (exact) mass is 509 g/mol. The first-order chi connectivity index (χ1) is 17.9. The number of fused-ring (bicyclic) bond motifs is 2. The van der Waals surface area contributed by atoms with Crippen LogP contribution in [0.15, 0.2) is 94.9 Å². The summed E-state index contributed by atoms with van der Waals surface area (Å²) in [4.78, 5) is 3.60. The predicted octanol–water partition coefficient (Wildman–Crippen LogP) is 6.83. The number of thioether (sulfide) groups is 1. The minimum atomic E-state index is -0.0720. The van der Waals surface area contributed by atoms with E-state index >= 15 is 0 Å². The van der Waals surface area contributed by atoms with E-state index in [0.29, 0.717) is 6.54 Å². The first-order valence-corrected chi connectivity index (χ1v) is 14.0. The quantitative estimate of drug-likeness (QED) is 0.256. The third-order valence-electron chi connectivity index (χ3n) is 7.18. The van der Waals surface area contributed by atoms with Crippen LogP contribution in [0.5, 0.6) is 0 Å². The average Bonchev–Trinajstić information content (AvgIpc) is 3.22. The number of anilines is 1. The number of hydrogen-bond acceptors (Lipinski definition) is 4. The number of nitrogens with zero attached hydrogens (tertiary/aromatic N) is 2. The fraction of sp³-hybridized carbons (Fsp3) is 0.281. The Balaban J connectivity index is 1.72. The van der Waals surface area contributed by atoms with Crippen LogP contribution in [0.2, 0.25) is 0 Å². The molecule has 5 heteroatoms. The smallest absolute Gasteiger partial charge is 0.219 e. The van der Waals surface area contributed by atoms with Gasteiger partial charge in [-0.3, -0.25) is 5.32 Å². The van der Waals surface area contributed by atoms with Crippen LogP contribution in [0.25, 0.3) is 22.7 Å². The van der Waals surface area contributed by atoms with Gasteiger partial charge in [-0.25, -0.2) is 0 Å². The van der Waals surface area contributed by atoms with Gasteiger partial charge in [0.25, 0.3) is 0 Å². The van der Waals surface area contributed by atoms with E-state index in [9.17, 15) is 0 Å². The number of hydrogen-bond donors (Lipinski definition) is 2. The number of benzene rings is 3. The molecule has 0 bridgehead atoms. The van der Waals surface area contributed by atoms with Crippen molar-refractivity contribution in [2.45, 2.75) is 50.1 Å². The maximum absolute atomic E-state index is 5.97. The van der Waals surface area contributed by atoms with E-state index in [1.54, 1.807) is 0 Å². The summed E-state index contributed by atoms with van der Waals surface area (Å²) >= 11 is 1.84. The Kier molecular flexibility index (Phi) is 7.38. The molecule has 2 heterocycles. The molecule has 3 aromatic carbocycles. The van der Waals surface area contributed by atoms with Gasteiger partial charge in [-0.1, -0.05) is 61.2 Å². The molecular weight excluding hydrogens is 472 g/mol. The molecule has 190 valence electrons. The molecule has 0 radical (unpaired) electrons. The molecule has 4 aromatic rings. The van der Waals surface area contributed by atoms with Gasteiger partial charge in [0.2, 0.25) is 16.9 Å². The van der Waals surface area contributed by atoms with Crippen LogP contribution in [0.1, 0.15) is 50.9 Å². The second-order valence-corrected chi connectivity index (χ2v) is 11.4. The van der Waals surface area contributed by atoms with Gasteiger partial charge in [0, 0.05) is 41.7 Å². The molecule has 1 aliphatic rings. The van der Waals surface area contributed by atoms with Gasteiger partial charge < -0.3 is 10.6 Å². The second-order valence-electron chi connectivity index (χ2n) is 10.4. The van der Waals surface area contributed by atoms with Crippen LogP contribution in [0, 0.1) is 0 Å². The summed E-state index contributed by atoms with van der Waals surface area (Å²) in [7, 11) is 2.16. The molecule has 0 fully saturated rings. The highest BCUT2D eigenvalue weighted by Gasteiger charge is 2.31. The molecule has 5 rings (SSSR count). The number of rotatable bonds is 8. The zero-order valence-electron chi connectivity index (χ0n) is 22.2. The summed E-state index contributed by atoms with van der Waals surface area (Å²) in [5.41, 5.74) is 12.0. The molecule has 0 spiro atoms. The summed E-state index contributed by atoms with van der Waals surface area (Å²) < 4.78 is 2.43. The van der Waals surface area contributed by atoms with Gasteiger partial charge in [-0.05, 0) is 63.1 Å². The lowest BCUT2D eigenvalue weighted by molar-refractivity contribution is -0.578. The zero-order chi connectivity index (χ0) is 26.0. The summed E-state index contributed by atoms with van der Waals surface area (Å²) in [5, 5.41) is 6.42. The molecule has 37 heavy (non-hydrogen) atoms. The topological polar surface area (TPSA) is 45.2 Å². The van der Waals surface area contributed by atoms with Crippen molar-refractivity contribution in [1.29, 1.82) is 0 Å². The number of nitrogens with one attached hydrogen (secondary N) is 1. The van der Waals surface area contributed by atoms with E-state index in [-0.39, 0.29) is 11.6 Å². The number of nitrogens with two attached hydrogens (primary N) is 1. The Morgan fingerprint density at radius 2 is 1.70 bits per heavy atom. The third kappa shape index (κ3) is 5.17. The van der Waals surface area contributed by atoms with Crippen molar-refractivity contribution in [1.82, 2.24) is 5.32 Å². The van der Waals surface area contributed by atoms with Crippen LogP contribution in [-0.4, -0.2) is 19.1 Å². The summed E-state index contributed by atoms with van der Waals surface area (Å²) in [6.45, 7) is 7.42. The van der Waals surface area contributed by atoms with Crippen molar-refractivity contribution < 1.29 is 4.57 Å². The summed E-state index contributed by atoms with van der Waals surface area (Å²) in [6.07, 6.45) is 4.23. The van der Waals surface area contributed by atoms with Crippen molar-refractivity contribution in [3.05, 3.63) is 101 Å². The SMILES string of the molecule is CCC(NC(C)(C)CCN)c1cc(/C=C2/Sc3ccccc3N2C)c2ccccc2[n+]1-c1ccccc1. The number of aromatic nitrogens is 1. The van der Waals surface area contributed by atoms with Crippen LogP contribution >= 0.6 is 11.8 Å². The standard InChI is InChI=1S/C32H37N4S/c1-5-26(34-32(2,3)19-20-33)29-21-23(22-31-35(4)28-17-11-12-18-30(28)37-31)25-15-9-10-16-27(25)36(29)24-13-7-6-8-14-24/h6-18,21-22,26,34H,5,19-20,33H2,1-4H3/q+1. The van der Waals surface area contributed by atoms with E-state index in [2.05, 4.69) is 134 Å². The van der Waals surface area contributed by atoms with Crippen molar-refractivity contribution >= 4 is 34.4 Å². The molecule has 1 atom stereocenters. The maximum Gasteiger partial charge on any atom is 0.219 e. The normalized spacial score (nSPS) is 15.4. The van der Waals surface area contributed by atoms with Crippen molar-refractivity contribution in [3.8, 4) is 5.69 Å². The Morgan fingerprint density at radius 1 is 1.00 bits per heavy atom. The van der Waals surface area contributed by atoms with Crippen molar-refractivity contribution in [2.75, 3.05) is 18.5 Å². The highest BCUT2D eigenvalue weighted by atomic mass is 32.2. The highest BCUT2D eigenvalue weighted by molar-refractivity contribution is 8.03. The van der Waals surface area contributed by atoms with E-state index < -0.39 is 0 Å². The largest absolute Gasteiger partial charge is 0.338 e. The lowest BCUT2D eigenvalue weighted by Gasteiger charge is -2.30. The van der Waals surface area contributed by atoms with E-state index in [0.717, 1.165) is 12.8 Å². The van der Waals surface area contributed by atoms with Crippen LogP contribution < -0.4 is 20.5 Å². The fourth-order valence-corrected chi connectivity index (χ4v) is 6.37. The molecule has 0 aliphatic carbocycles. The molecule has 1 aliphatic heterocycles. The van der Waals surface area contributed by atoms with Crippen molar-refractivity contribution in [2.24, 2.45) is 5.73 Å². The van der Waals surface area contributed by atoms with Gasteiger partial charge in [-0.2, -0.15) is 4.57 Å². The Labute approximate surface area is 225 Å². The zero-order valence-corrected chi connectivity index (χ0v) is 23.1. The molecule has 3 N–H and O–H groups in total. The third-order valence-corrected chi connectivity index (χ3v) is 8.35. The lowest BCUT2D eigenvalue weighted by atomic mass is 9.95. The second kappa shape index (κ2) is 10.7. The molecule has 0 amide bonds. The maximum atomic E-state index is 5.97. The Hall–Kier alpha value is -3.12. The Bertz CT molecular complexity index is 1430. The predicted molar refractivity (Wildman–Crippen MR) is 158 cm³/mol. The molecule has 0 saturated carbocycles.